The summed E-state index contributed by atoms with van der Waals surface area (Å²) in [6.07, 6.45) is 1.47. The first kappa shape index (κ1) is 20.9. The summed E-state index contributed by atoms with van der Waals surface area (Å²) in [5.74, 6) is -0.792. The first-order chi connectivity index (χ1) is 14.8. The van der Waals surface area contributed by atoms with Crippen LogP contribution in [0.1, 0.15) is 40.8 Å². The summed E-state index contributed by atoms with van der Waals surface area (Å²) in [5, 5.41) is 7.64. The molecule has 8 heteroatoms. The van der Waals surface area contributed by atoms with E-state index in [1.807, 2.05) is 45.9 Å². The number of carbonyl (C=O) groups is 1. The van der Waals surface area contributed by atoms with Crippen molar-refractivity contribution in [2.75, 3.05) is 5.32 Å². The number of aryl methyl sites for hydroxylation is 2. The summed E-state index contributed by atoms with van der Waals surface area (Å²) in [4.78, 5) is 23.2. The molecule has 0 aliphatic heterocycles. The van der Waals surface area contributed by atoms with Gasteiger partial charge in [-0.3, -0.25) is 19.8 Å². The third-order valence-electron chi connectivity index (χ3n) is 4.81. The summed E-state index contributed by atoms with van der Waals surface area (Å²) in [7, 11) is 0. The van der Waals surface area contributed by atoms with Gasteiger partial charge in [-0.1, -0.05) is 18.2 Å². The molecule has 4 aromatic rings. The highest BCUT2D eigenvalue weighted by Crippen LogP contribution is 2.32. The number of hydrogen-bond donors (Lipinski definition) is 1. The SMILES string of the molecule is Cc1cccc(-c2nc(NC(=O)c3cnn(C(C)C)c3-c3ccccc3F)sc2C)n1. The minimum absolute atomic E-state index is 0.0442. The van der Waals surface area contributed by atoms with Gasteiger partial charge in [0.05, 0.1) is 23.1 Å². The van der Waals surface area contributed by atoms with E-state index in [-0.39, 0.29) is 11.9 Å². The van der Waals surface area contributed by atoms with Crippen molar-refractivity contribution in [1.29, 1.82) is 0 Å². The largest absolute Gasteiger partial charge is 0.298 e. The summed E-state index contributed by atoms with van der Waals surface area (Å²) < 4.78 is 16.2. The van der Waals surface area contributed by atoms with Gasteiger partial charge in [0.15, 0.2) is 5.13 Å². The molecule has 0 radical (unpaired) electrons. The molecule has 3 heterocycles. The van der Waals surface area contributed by atoms with Crippen LogP contribution in [-0.2, 0) is 0 Å². The predicted octanol–water partition coefficient (Wildman–Crippen LogP) is 5.66. The fourth-order valence-corrected chi connectivity index (χ4v) is 4.19. The molecule has 0 saturated heterocycles. The number of amides is 1. The highest BCUT2D eigenvalue weighted by Gasteiger charge is 2.23. The summed E-state index contributed by atoms with van der Waals surface area (Å²) in [5.41, 5.74) is 3.45. The van der Waals surface area contributed by atoms with Crippen molar-refractivity contribution in [3.63, 3.8) is 0 Å². The van der Waals surface area contributed by atoms with Crippen LogP contribution in [0.5, 0.6) is 0 Å². The average molecular weight is 436 g/mol. The van der Waals surface area contributed by atoms with E-state index in [1.54, 1.807) is 22.9 Å². The van der Waals surface area contributed by atoms with Crippen LogP contribution in [0.25, 0.3) is 22.6 Å². The third-order valence-corrected chi connectivity index (χ3v) is 5.69. The van der Waals surface area contributed by atoms with Gasteiger partial charge in [0.1, 0.15) is 11.5 Å². The molecule has 0 aliphatic rings. The van der Waals surface area contributed by atoms with Crippen LogP contribution in [0, 0.1) is 19.7 Å². The Balaban J connectivity index is 1.69. The highest BCUT2D eigenvalue weighted by molar-refractivity contribution is 7.16. The van der Waals surface area contributed by atoms with E-state index in [0.717, 1.165) is 22.0 Å². The van der Waals surface area contributed by atoms with E-state index in [0.29, 0.717) is 22.0 Å². The standard InChI is InChI=1S/C23H22FN5OS/c1-13(2)29-21(16-9-5-6-10-18(16)24)17(12-25-29)22(30)28-23-27-20(15(4)31-23)19-11-7-8-14(3)26-19/h5-13H,1-4H3,(H,27,28,30). The molecule has 0 aliphatic carbocycles. The molecule has 0 unspecified atom stereocenters. The number of carbonyl (C=O) groups excluding carboxylic acids is 1. The first-order valence-corrected chi connectivity index (χ1v) is 10.7. The monoisotopic (exact) mass is 435 g/mol. The van der Waals surface area contributed by atoms with Crippen LogP contribution in [0.2, 0.25) is 0 Å². The Hall–Kier alpha value is -3.39. The Morgan fingerprint density at radius 3 is 2.58 bits per heavy atom. The number of nitrogens with zero attached hydrogens (tertiary/aromatic N) is 4. The zero-order valence-electron chi connectivity index (χ0n) is 17.7. The fourth-order valence-electron chi connectivity index (χ4n) is 3.37. The van der Waals surface area contributed by atoms with Gasteiger partial charge in [0.25, 0.3) is 5.91 Å². The maximum absolute atomic E-state index is 14.6. The minimum atomic E-state index is -0.406. The zero-order valence-corrected chi connectivity index (χ0v) is 18.5. The van der Waals surface area contributed by atoms with E-state index in [4.69, 9.17) is 0 Å². The van der Waals surface area contributed by atoms with Crippen molar-refractivity contribution in [1.82, 2.24) is 19.7 Å². The van der Waals surface area contributed by atoms with Gasteiger partial charge in [-0.2, -0.15) is 5.10 Å². The molecular formula is C23H22FN5OS. The van der Waals surface area contributed by atoms with E-state index in [1.165, 1.54) is 23.6 Å². The molecule has 6 nitrogen and oxygen atoms in total. The lowest BCUT2D eigenvalue weighted by Gasteiger charge is -2.13. The number of pyridine rings is 1. The number of hydrogen-bond acceptors (Lipinski definition) is 5. The number of halogens is 1. The van der Waals surface area contributed by atoms with Crippen LogP contribution in [0.4, 0.5) is 9.52 Å². The van der Waals surface area contributed by atoms with Gasteiger partial charge in [0, 0.05) is 22.2 Å². The van der Waals surface area contributed by atoms with E-state index < -0.39 is 5.82 Å². The van der Waals surface area contributed by atoms with Gasteiger partial charge in [-0.05, 0) is 52.0 Å². The molecule has 0 saturated carbocycles. The molecule has 1 N–H and O–H groups in total. The van der Waals surface area contributed by atoms with Crippen molar-refractivity contribution in [3.05, 3.63) is 70.6 Å². The minimum Gasteiger partial charge on any atom is -0.298 e. The van der Waals surface area contributed by atoms with Crippen LogP contribution in [0.3, 0.4) is 0 Å². The van der Waals surface area contributed by atoms with Crippen molar-refractivity contribution in [3.8, 4) is 22.6 Å². The van der Waals surface area contributed by atoms with Gasteiger partial charge >= 0.3 is 0 Å². The Kier molecular flexibility index (Phi) is 5.65. The molecule has 1 amide bonds. The topological polar surface area (TPSA) is 72.7 Å². The summed E-state index contributed by atoms with van der Waals surface area (Å²) >= 11 is 1.37. The quantitative estimate of drug-likeness (QED) is 0.439. The molecule has 0 bridgehead atoms. The molecule has 1 aromatic carbocycles. The van der Waals surface area contributed by atoms with E-state index in [2.05, 4.69) is 20.4 Å². The molecule has 3 aromatic heterocycles. The molecule has 158 valence electrons. The molecular weight excluding hydrogens is 413 g/mol. The number of aromatic nitrogens is 4. The van der Waals surface area contributed by atoms with Crippen molar-refractivity contribution in [2.45, 2.75) is 33.7 Å². The van der Waals surface area contributed by atoms with Crippen molar-refractivity contribution in [2.24, 2.45) is 0 Å². The third kappa shape index (κ3) is 4.11. The Bertz CT molecular complexity index is 1260. The lowest BCUT2D eigenvalue weighted by atomic mass is 10.1. The maximum Gasteiger partial charge on any atom is 0.261 e. The molecule has 31 heavy (non-hydrogen) atoms. The zero-order chi connectivity index (χ0) is 22.1. The summed E-state index contributed by atoms with van der Waals surface area (Å²) in [6, 6.07) is 12.1. The maximum atomic E-state index is 14.6. The van der Waals surface area contributed by atoms with E-state index >= 15 is 0 Å². The van der Waals surface area contributed by atoms with Crippen LogP contribution >= 0.6 is 11.3 Å². The van der Waals surface area contributed by atoms with Crippen molar-refractivity contribution < 1.29 is 9.18 Å². The molecule has 0 fully saturated rings. The normalized spacial score (nSPS) is 11.2. The summed E-state index contributed by atoms with van der Waals surface area (Å²) in [6.45, 7) is 7.73. The van der Waals surface area contributed by atoms with Crippen LogP contribution in [-0.4, -0.2) is 25.7 Å². The molecule has 0 atom stereocenters. The van der Waals surface area contributed by atoms with Gasteiger partial charge in [-0.15, -0.1) is 11.3 Å². The van der Waals surface area contributed by atoms with E-state index in [9.17, 15) is 9.18 Å². The Morgan fingerprint density at radius 1 is 1.10 bits per heavy atom. The smallest absolute Gasteiger partial charge is 0.261 e. The van der Waals surface area contributed by atoms with Crippen molar-refractivity contribution >= 4 is 22.4 Å². The van der Waals surface area contributed by atoms with Gasteiger partial charge in [0.2, 0.25) is 0 Å². The average Bonchev–Trinajstić information content (AvgIpc) is 3.32. The Morgan fingerprint density at radius 2 is 1.87 bits per heavy atom. The number of benzene rings is 1. The molecule has 0 spiro atoms. The van der Waals surface area contributed by atoms with Crippen LogP contribution in [0.15, 0.2) is 48.7 Å². The number of rotatable bonds is 5. The van der Waals surface area contributed by atoms with Crippen LogP contribution < -0.4 is 5.32 Å². The first-order valence-electron chi connectivity index (χ1n) is 9.90. The predicted molar refractivity (Wildman–Crippen MR) is 121 cm³/mol. The number of anilines is 1. The number of nitrogens with one attached hydrogen (secondary N) is 1. The second kappa shape index (κ2) is 8.39. The Labute approximate surface area is 183 Å². The lowest BCUT2D eigenvalue weighted by molar-refractivity contribution is 0.102. The molecule has 4 rings (SSSR count). The van der Waals surface area contributed by atoms with Gasteiger partial charge in [-0.25, -0.2) is 9.37 Å². The second-order valence-corrected chi connectivity index (χ2v) is 8.67. The second-order valence-electron chi connectivity index (χ2n) is 7.47. The lowest BCUT2D eigenvalue weighted by Crippen LogP contribution is -2.14. The fraction of sp³-hybridized carbons (Fsp3) is 0.217. The number of thiazole rings is 1. The highest BCUT2D eigenvalue weighted by atomic mass is 32.1. The van der Waals surface area contributed by atoms with Gasteiger partial charge < -0.3 is 0 Å².